The Morgan fingerprint density at radius 1 is 0.760 bits per heavy atom. The Hall–Kier alpha value is 2.40. The van der Waals surface area contributed by atoms with Gasteiger partial charge >= 0.3 is 0 Å². The van der Waals surface area contributed by atoms with Crippen molar-refractivity contribution in [1.29, 1.82) is 0 Å². The van der Waals surface area contributed by atoms with Gasteiger partial charge in [0.1, 0.15) is 18.0 Å². The van der Waals surface area contributed by atoms with Crippen molar-refractivity contribution >= 4 is 127 Å². The normalized spacial score (nSPS) is 29.5. The van der Waals surface area contributed by atoms with E-state index in [0.717, 1.165) is 8.96 Å². The van der Waals surface area contributed by atoms with Crippen molar-refractivity contribution in [3.8, 4) is 0 Å². The van der Waals surface area contributed by atoms with E-state index in [1.807, 2.05) is 0 Å². The van der Waals surface area contributed by atoms with E-state index < -0.39 is 6.47 Å². The van der Waals surface area contributed by atoms with E-state index in [2.05, 4.69) is 141 Å². The molecule has 0 saturated heterocycles. The van der Waals surface area contributed by atoms with Gasteiger partial charge < -0.3 is 10.2 Å². The molecule has 0 bridgehead atoms. The first-order valence-corrected chi connectivity index (χ1v) is 13.2. The van der Waals surface area contributed by atoms with E-state index >= 15 is 0 Å². The first-order valence-electron chi connectivity index (χ1n) is 6.85. The highest BCUT2D eigenvalue weighted by Crippen LogP contribution is 2.64. The minimum Gasteiger partial charge on any atom is -0.507 e. The summed E-state index contributed by atoms with van der Waals surface area (Å²) in [6.45, 7) is 4.26. The Balaban J connectivity index is 2.66. The van der Waals surface area contributed by atoms with Gasteiger partial charge in [-0.3, -0.25) is 0 Å². The Labute approximate surface area is 214 Å². The molecule has 0 amide bonds. The van der Waals surface area contributed by atoms with Crippen molar-refractivity contribution in [3.05, 3.63) is 41.6 Å². The molecule has 2 atom stereocenters. The highest BCUT2D eigenvalue weighted by atomic mass is 79.9. The van der Waals surface area contributed by atoms with Crippen molar-refractivity contribution in [2.45, 2.75) is 20.3 Å². The van der Waals surface area contributed by atoms with E-state index in [9.17, 15) is 10.2 Å². The van der Waals surface area contributed by atoms with Crippen LogP contribution in [-0.2, 0) is 0 Å². The monoisotopic (exact) mass is 855 g/mol. The average Bonchev–Trinajstić information content (AvgIpc) is 2.40. The standard InChI is InChI=1S/C15H12Br8O2/c1-13(2,11-9(18)7(16)5(24)3-14(11,20)21)12-10(19)8(17)6(25)4-15(12,22)23/h3-4,11-12,24-25H,1-2H3. The van der Waals surface area contributed by atoms with E-state index in [0.29, 0.717) is 8.96 Å². The number of allylic oxidation sites excluding steroid dienone is 6. The van der Waals surface area contributed by atoms with Gasteiger partial charge in [-0.15, -0.1) is 0 Å². The topological polar surface area (TPSA) is 40.5 Å². The molecule has 0 fully saturated rings. The summed E-state index contributed by atoms with van der Waals surface area (Å²) < 4.78 is 1.56. The molecule has 0 aromatic rings. The Kier molecular flexibility index (Phi) is 7.49. The van der Waals surface area contributed by atoms with Crippen molar-refractivity contribution in [2.24, 2.45) is 17.3 Å². The SMILES string of the molecule is CC(C)(C1C(Br)=C(Br)C(O)=CC1(Br)Br)C1C(Br)=C(Br)C(O)=CC1(Br)Br. The number of hydrogen-bond donors (Lipinski definition) is 2. The zero-order valence-corrected chi connectivity index (χ0v) is 25.4. The van der Waals surface area contributed by atoms with E-state index in [4.69, 9.17) is 0 Å². The van der Waals surface area contributed by atoms with Crippen LogP contribution in [0, 0.1) is 17.3 Å². The largest absolute Gasteiger partial charge is 0.507 e. The molecule has 2 unspecified atom stereocenters. The van der Waals surface area contributed by atoms with Crippen molar-refractivity contribution < 1.29 is 10.2 Å². The first kappa shape index (κ1) is 23.7. The fraction of sp³-hybridized carbons (Fsp3) is 0.467. The molecule has 0 radical (unpaired) electrons. The van der Waals surface area contributed by atoms with Gasteiger partial charge in [-0.05, 0) is 49.4 Å². The highest BCUT2D eigenvalue weighted by molar-refractivity contribution is 9.26. The van der Waals surface area contributed by atoms with Crippen molar-refractivity contribution in [3.63, 3.8) is 0 Å². The van der Waals surface area contributed by atoms with Gasteiger partial charge in [-0.1, -0.05) is 109 Å². The van der Waals surface area contributed by atoms with Gasteiger partial charge in [0.25, 0.3) is 0 Å². The molecular weight excluding hydrogens is 851 g/mol. The summed E-state index contributed by atoms with van der Waals surface area (Å²) in [5, 5.41) is 20.4. The lowest BCUT2D eigenvalue weighted by Crippen LogP contribution is -2.48. The highest BCUT2D eigenvalue weighted by Gasteiger charge is 2.57. The fourth-order valence-electron chi connectivity index (χ4n) is 3.31. The Bertz CT molecular complexity index is 670. The lowest BCUT2D eigenvalue weighted by Gasteiger charge is -2.51. The molecule has 0 aromatic carbocycles. The van der Waals surface area contributed by atoms with Crippen molar-refractivity contribution in [1.82, 2.24) is 0 Å². The van der Waals surface area contributed by atoms with Crippen LogP contribution in [0.1, 0.15) is 13.8 Å². The molecule has 0 saturated carbocycles. The van der Waals surface area contributed by atoms with Crippen LogP contribution in [0.15, 0.2) is 41.6 Å². The molecule has 0 aliphatic heterocycles. The summed E-state index contributed by atoms with van der Waals surface area (Å²) in [4.78, 5) is 0. The molecule has 2 aliphatic rings. The van der Waals surface area contributed by atoms with Crippen LogP contribution in [0.3, 0.4) is 0 Å². The Morgan fingerprint density at radius 2 is 1.04 bits per heavy atom. The smallest absolute Gasteiger partial charge is 0.128 e. The molecule has 2 N–H and O–H groups in total. The summed E-state index contributed by atoms with van der Waals surface area (Å²) in [5.74, 6) is 0.0830. The number of hydrogen-bond acceptors (Lipinski definition) is 2. The molecule has 140 valence electrons. The molecule has 2 aliphatic carbocycles. The van der Waals surface area contributed by atoms with Crippen LogP contribution in [0.5, 0.6) is 0 Å². The number of rotatable bonds is 2. The second kappa shape index (κ2) is 7.91. The van der Waals surface area contributed by atoms with Crippen LogP contribution in [0.25, 0.3) is 0 Å². The molecule has 0 spiro atoms. The second-order valence-electron chi connectivity index (χ2n) is 6.42. The zero-order valence-electron chi connectivity index (χ0n) is 12.7. The molecule has 10 heteroatoms. The van der Waals surface area contributed by atoms with Gasteiger partial charge in [-0.25, -0.2) is 0 Å². The molecule has 0 heterocycles. The summed E-state index contributed by atoms with van der Waals surface area (Å²) in [6, 6.07) is 0. The summed E-state index contributed by atoms with van der Waals surface area (Å²) in [5.41, 5.74) is -0.385. The average molecular weight is 863 g/mol. The van der Waals surface area contributed by atoms with Gasteiger partial charge in [-0.2, -0.15) is 0 Å². The van der Waals surface area contributed by atoms with Crippen molar-refractivity contribution in [2.75, 3.05) is 0 Å². The minimum atomic E-state index is -0.664. The van der Waals surface area contributed by atoms with Crippen LogP contribution >= 0.6 is 127 Å². The van der Waals surface area contributed by atoms with Crippen LogP contribution in [0.4, 0.5) is 0 Å². The Morgan fingerprint density at radius 3 is 1.32 bits per heavy atom. The third-order valence-electron chi connectivity index (χ3n) is 4.29. The van der Waals surface area contributed by atoms with Gasteiger partial charge in [0.2, 0.25) is 0 Å². The van der Waals surface area contributed by atoms with E-state index in [1.54, 1.807) is 12.2 Å². The van der Waals surface area contributed by atoms with Gasteiger partial charge in [0.05, 0.1) is 8.96 Å². The maximum absolute atomic E-state index is 10.2. The summed E-state index contributed by atoms with van der Waals surface area (Å²) in [7, 11) is 0. The summed E-state index contributed by atoms with van der Waals surface area (Å²) >= 11 is 29.1. The van der Waals surface area contributed by atoms with Gasteiger partial charge in [0, 0.05) is 20.8 Å². The zero-order chi connectivity index (χ0) is 19.5. The predicted molar refractivity (Wildman–Crippen MR) is 133 cm³/mol. The maximum atomic E-state index is 10.2. The number of aliphatic hydroxyl groups excluding tert-OH is 2. The van der Waals surface area contributed by atoms with Crippen LogP contribution in [-0.4, -0.2) is 16.7 Å². The van der Waals surface area contributed by atoms with Crippen LogP contribution < -0.4 is 0 Å². The third kappa shape index (κ3) is 4.31. The molecular formula is C15H12Br8O2. The summed E-state index contributed by atoms with van der Waals surface area (Å²) in [6.07, 6.45) is 3.45. The molecule has 0 aromatic heterocycles. The lowest BCUT2D eigenvalue weighted by atomic mass is 9.65. The maximum Gasteiger partial charge on any atom is 0.128 e. The second-order valence-corrected chi connectivity index (χ2v) is 17.1. The third-order valence-corrected chi connectivity index (χ3v) is 11.5. The molecule has 2 rings (SSSR count). The molecule has 2 nitrogen and oxygen atoms in total. The number of halogens is 8. The van der Waals surface area contributed by atoms with Gasteiger partial charge in [0.15, 0.2) is 0 Å². The number of alkyl halides is 4. The predicted octanol–water partition coefficient (Wildman–Crippen LogP) is 9.13. The van der Waals surface area contributed by atoms with Crippen LogP contribution in [0.2, 0.25) is 0 Å². The first-order chi connectivity index (χ1) is 11.1. The van der Waals surface area contributed by atoms with E-state index in [1.165, 1.54) is 0 Å². The fourth-order valence-corrected chi connectivity index (χ4v) is 11.7. The minimum absolute atomic E-state index is 0.105. The van der Waals surface area contributed by atoms with E-state index in [-0.39, 0.29) is 28.8 Å². The number of aliphatic hydroxyl groups is 2. The quantitative estimate of drug-likeness (QED) is 0.272. The lowest BCUT2D eigenvalue weighted by molar-refractivity contribution is 0.172. The molecule has 25 heavy (non-hydrogen) atoms.